The van der Waals surface area contributed by atoms with Gasteiger partial charge in [-0.15, -0.1) is 0 Å². The molecular weight excluding hydrogens is 176 g/mol. The van der Waals surface area contributed by atoms with Crippen molar-refractivity contribution in [1.29, 1.82) is 0 Å². The molecule has 0 aromatic carbocycles. The van der Waals surface area contributed by atoms with Crippen LogP contribution in [0.5, 0.6) is 0 Å². The van der Waals surface area contributed by atoms with Crippen molar-refractivity contribution < 1.29 is 4.74 Å². The van der Waals surface area contributed by atoms with Crippen molar-refractivity contribution >= 4 is 6.02 Å². The summed E-state index contributed by atoms with van der Waals surface area (Å²) in [4.78, 5) is 4.55. The number of rotatable bonds is 5. The summed E-state index contributed by atoms with van der Waals surface area (Å²) in [5.41, 5.74) is 0. The number of aliphatic imine (C=N–C) groups is 1. The summed E-state index contributed by atoms with van der Waals surface area (Å²) in [5, 5.41) is 3.36. The molecule has 0 spiro atoms. The maximum Gasteiger partial charge on any atom is 0.285 e. The molecule has 3 heteroatoms. The van der Waals surface area contributed by atoms with Crippen molar-refractivity contribution in [3.05, 3.63) is 0 Å². The van der Waals surface area contributed by atoms with Crippen molar-refractivity contribution in [2.75, 3.05) is 6.61 Å². The Hall–Kier alpha value is -0.730. The summed E-state index contributed by atoms with van der Waals surface area (Å²) >= 11 is 0. The minimum atomic E-state index is 0.432. The molecule has 1 heterocycles. The van der Waals surface area contributed by atoms with Crippen LogP contribution in [0.15, 0.2) is 4.99 Å². The van der Waals surface area contributed by atoms with Crippen LogP contribution in [0.1, 0.15) is 46.5 Å². The van der Waals surface area contributed by atoms with Crippen molar-refractivity contribution in [3.8, 4) is 0 Å². The first kappa shape index (κ1) is 11.3. The van der Waals surface area contributed by atoms with Gasteiger partial charge in [-0.3, -0.25) is 0 Å². The summed E-state index contributed by atoms with van der Waals surface area (Å²) in [5.74, 6) is 0. The van der Waals surface area contributed by atoms with Crippen LogP contribution in [0.25, 0.3) is 0 Å². The van der Waals surface area contributed by atoms with Crippen LogP contribution in [0, 0.1) is 0 Å². The number of nitrogens with zero attached hydrogens (tertiary/aromatic N) is 1. The minimum Gasteiger partial charge on any atom is -0.466 e. The molecule has 3 nitrogen and oxygen atoms in total. The first-order valence-corrected chi connectivity index (χ1v) is 5.78. The lowest BCUT2D eigenvalue weighted by Crippen LogP contribution is -2.35. The van der Waals surface area contributed by atoms with Crippen LogP contribution in [0.3, 0.4) is 0 Å². The van der Waals surface area contributed by atoms with Gasteiger partial charge in [-0.05, 0) is 19.8 Å². The third kappa shape index (κ3) is 2.89. The Morgan fingerprint density at radius 3 is 2.50 bits per heavy atom. The number of hydrogen-bond acceptors (Lipinski definition) is 3. The second-order valence-electron chi connectivity index (χ2n) is 3.76. The Balaban J connectivity index is 2.47. The van der Waals surface area contributed by atoms with Gasteiger partial charge in [0, 0.05) is 0 Å². The van der Waals surface area contributed by atoms with Gasteiger partial charge in [-0.2, -0.15) is 0 Å². The normalized spacial score (nSPS) is 25.8. The summed E-state index contributed by atoms with van der Waals surface area (Å²) in [6.07, 6.45) is 4.74. The van der Waals surface area contributed by atoms with Crippen molar-refractivity contribution in [1.82, 2.24) is 5.32 Å². The van der Waals surface area contributed by atoms with E-state index in [1.54, 1.807) is 0 Å². The Bertz CT molecular complexity index is 192. The van der Waals surface area contributed by atoms with Gasteiger partial charge >= 0.3 is 0 Å². The lowest BCUT2D eigenvalue weighted by molar-refractivity contribution is 0.311. The van der Waals surface area contributed by atoms with E-state index in [0.717, 1.165) is 12.4 Å². The quantitative estimate of drug-likeness (QED) is 0.735. The van der Waals surface area contributed by atoms with E-state index < -0.39 is 0 Å². The van der Waals surface area contributed by atoms with Crippen LogP contribution in [0.4, 0.5) is 0 Å². The maximum absolute atomic E-state index is 5.39. The van der Waals surface area contributed by atoms with Gasteiger partial charge in [0.25, 0.3) is 6.02 Å². The molecule has 14 heavy (non-hydrogen) atoms. The first-order valence-electron chi connectivity index (χ1n) is 5.78. The first-order chi connectivity index (χ1) is 6.81. The number of ether oxygens (including phenoxy) is 1. The summed E-state index contributed by atoms with van der Waals surface area (Å²) in [7, 11) is 0. The van der Waals surface area contributed by atoms with E-state index in [4.69, 9.17) is 4.74 Å². The van der Waals surface area contributed by atoms with E-state index in [2.05, 4.69) is 24.2 Å². The van der Waals surface area contributed by atoms with E-state index in [-0.39, 0.29) is 0 Å². The summed E-state index contributed by atoms with van der Waals surface area (Å²) < 4.78 is 5.39. The van der Waals surface area contributed by atoms with E-state index >= 15 is 0 Å². The zero-order valence-electron chi connectivity index (χ0n) is 9.55. The molecule has 0 bridgehead atoms. The zero-order chi connectivity index (χ0) is 10.4. The fourth-order valence-corrected chi connectivity index (χ4v) is 1.89. The number of hydrogen-bond donors (Lipinski definition) is 1. The lowest BCUT2D eigenvalue weighted by Gasteiger charge is -2.16. The predicted octanol–water partition coefficient (Wildman–Crippen LogP) is 2.32. The smallest absolute Gasteiger partial charge is 0.285 e. The topological polar surface area (TPSA) is 33.6 Å². The summed E-state index contributed by atoms with van der Waals surface area (Å²) in [6.45, 7) is 7.11. The highest BCUT2D eigenvalue weighted by atomic mass is 16.5. The molecule has 82 valence electrons. The van der Waals surface area contributed by atoms with Crippen LogP contribution < -0.4 is 5.32 Å². The fraction of sp³-hybridized carbons (Fsp3) is 0.909. The Kier molecular flexibility index (Phi) is 4.77. The molecule has 1 aliphatic rings. The summed E-state index contributed by atoms with van der Waals surface area (Å²) in [6, 6.07) is 1.69. The zero-order valence-corrected chi connectivity index (χ0v) is 9.55. The standard InChI is InChI=1S/C11H22N2O/c1-4-7-9-10(8-5-2)13-11(12-9)14-6-3/h9-10H,4-8H2,1-3H3,(H,12,13)/t9-,10-/m0/s1. The predicted molar refractivity (Wildman–Crippen MR) is 59.6 cm³/mol. The molecule has 0 aliphatic carbocycles. The Labute approximate surface area is 86.9 Å². The number of amidine groups is 1. The minimum absolute atomic E-state index is 0.432. The molecule has 1 N–H and O–H groups in total. The highest BCUT2D eigenvalue weighted by molar-refractivity contribution is 5.76. The van der Waals surface area contributed by atoms with Gasteiger partial charge in [-0.1, -0.05) is 26.7 Å². The van der Waals surface area contributed by atoms with E-state index in [0.29, 0.717) is 18.7 Å². The lowest BCUT2D eigenvalue weighted by atomic mass is 10.0. The Morgan fingerprint density at radius 2 is 1.93 bits per heavy atom. The van der Waals surface area contributed by atoms with Gasteiger partial charge in [0.1, 0.15) is 0 Å². The van der Waals surface area contributed by atoms with Gasteiger partial charge in [0.05, 0.1) is 18.7 Å². The molecule has 0 radical (unpaired) electrons. The van der Waals surface area contributed by atoms with Crippen LogP contribution in [0.2, 0.25) is 0 Å². The molecule has 1 rings (SSSR count). The molecule has 0 aromatic heterocycles. The molecule has 0 saturated carbocycles. The van der Waals surface area contributed by atoms with Crippen molar-refractivity contribution in [3.63, 3.8) is 0 Å². The van der Waals surface area contributed by atoms with Crippen molar-refractivity contribution in [2.45, 2.75) is 58.5 Å². The molecular formula is C11H22N2O. The molecule has 1 aliphatic heterocycles. The second-order valence-corrected chi connectivity index (χ2v) is 3.76. The average Bonchev–Trinajstić information content (AvgIpc) is 2.50. The van der Waals surface area contributed by atoms with Gasteiger partial charge in [0.2, 0.25) is 0 Å². The second kappa shape index (κ2) is 5.89. The third-order valence-electron chi connectivity index (χ3n) is 2.52. The molecule has 2 atom stereocenters. The molecule has 0 aromatic rings. The average molecular weight is 198 g/mol. The third-order valence-corrected chi connectivity index (χ3v) is 2.52. The van der Waals surface area contributed by atoms with E-state index in [9.17, 15) is 0 Å². The van der Waals surface area contributed by atoms with E-state index in [1.165, 1.54) is 19.3 Å². The highest BCUT2D eigenvalue weighted by Gasteiger charge is 2.27. The maximum atomic E-state index is 5.39. The fourth-order valence-electron chi connectivity index (χ4n) is 1.89. The van der Waals surface area contributed by atoms with Gasteiger partial charge < -0.3 is 10.1 Å². The highest BCUT2D eigenvalue weighted by Crippen LogP contribution is 2.17. The largest absolute Gasteiger partial charge is 0.466 e. The van der Waals surface area contributed by atoms with E-state index in [1.807, 2.05) is 6.92 Å². The van der Waals surface area contributed by atoms with Gasteiger partial charge in [-0.25, -0.2) is 4.99 Å². The SMILES string of the molecule is CCC[C@@H]1N=C(OCC)N[C@H]1CCC. The van der Waals surface area contributed by atoms with Crippen LogP contribution in [-0.4, -0.2) is 24.7 Å². The molecule has 0 fully saturated rings. The van der Waals surface area contributed by atoms with Crippen LogP contribution in [-0.2, 0) is 4.74 Å². The molecule has 0 unspecified atom stereocenters. The number of nitrogens with one attached hydrogen (secondary N) is 1. The van der Waals surface area contributed by atoms with Crippen molar-refractivity contribution in [2.24, 2.45) is 4.99 Å². The Morgan fingerprint density at radius 1 is 1.21 bits per heavy atom. The monoisotopic (exact) mass is 198 g/mol. The molecule has 0 amide bonds. The van der Waals surface area contributed by atoms with Crippen LogP contribution >= 0.6 is 0 Å². The molecule has 0 saturated heterocycles. The van der Waals surface area contributed by atoms with Gasteiger partial charge in [0.15, 0.2) is 0 Å².